The highest BCUT2D eigenvalue weighted by Gasteiger charge is 2.33. The number of aromatic nitrogens is 2. The molecule has 0 aliphatic rings. The van der Waals surface area contributed by atoms with Crippen molar-refractivity contribution in [3.05, 3.63) is 94.8 Å². The van der Waals surface area contributed by atoms with Crippen LogP contribution in [0.15, 0.2) is 67.1 Å². The first kappa shape index (κ1) is 18.0. The van der Waals surface area contributed by atoms with Gasteiger partial charge < -0.3 is 0 Å². The van der Waals surface area contributed by atoms with Gasteiger partial charge in [0.1, 0.15) is 5.82 Å². The van der Waals surface area contributed by atoms with E-state index >= 15 is 0 Å². The molecule has 0 aliphatic heterocycles. The lowest BCUT2D eigenvalue weighted by Crippen LogP contribution is -2.29. The largest absolute Gasteiger partial charge is 0.261 e. The van der Waals surface area contributed by atoms with E-state index < -0.39 is 5.41 Å². The second-order valence-corrected chi connectivity index (χ2v) is 6.64. The summed E-state index contributed by atoms with van der Waals surface area (Å²) < 4.78 is 13.8. The Balaban J connectivity index is 1.94. The minimum Gasteiger partial charge on any atom is -0.261 e. The first-order valence-electron chi connectivity index (χ1n) is 8.28. The predicted octanol–water partition coefficient (Wildman–Crippen LogP) is 4.91. The number of hydrogen-bond donors (Lipinski definition) is 0. The summed E-state index contributed by atoms with van der Waals surface area (Å²) in [5.41, 5.74) is 1.54. The average molecular weight is 366 g/mol. The maximum Gasteiger partial charge on any atom is 0.123 e. The Hall–Kier alpha value is -2.77. The van der Waals surface area contributed by atoms with Crippen LogP contribution >= 0.6 is 11.6 Å². The Kier molecular flexibility index (Phi) is 5.60. The molecule has 0 saturated heterocycles. The van der Waals surface area contributed by atoms with Gasteiger partial charge in [0.2, 0.25) is 0 Å². The second-order valence-electron chi connectivity index (χ2n) is 6.20. The maximum atomic E-state index is 13.8. The Labute approximate surface area is 157 Å². The molecule has 1 heterocycles. The molecule has 26 heavy (non-hydrogen) atoms. The van der Waals surface area contributed by atoms with Crippen LogP contribution < -0.4 is 0 Å². The summed E-state index contributed by atoms with van der Waals surface area (Å²) in [6, 6.07) is 16.2. The van der Waals surface area contributed by atoms with Crippen molar-refractivity contribution in [1.29, 1.82) is 5.26 Å². The molecule has 0 bridgehead atoms. The molecule has 0 radical (unpaired) electrons. The number of nitrogens with zero attached hydrogens (tertiary/aromatic N) is 3. The fourth-order valence-electron chi connectivity index (χ4n) is 3.02. The summed E-state index contributed by atoms with van der Waals surface area (Å²) in [5, 5.41) is 10.7. The normalized spacial score (nSPS) is 13.0. The molecule has 0 N–H and O–H groups in total. The molecule has 1 atom stereocenters. The molecular formula is C21H17ClFN3. The van der Waals surface area contributed by atoms with Crippen molar-refractivity contribution in [2.45, 2.75) is 24.7 Å². The van der Waals surface area contributed by atoms with Gasteiger partial charge in [0, 0.05) is 30.0 Å². The predicted molar refractivity (Wildman–Crippen MR) is 99.2 cm³/mol. The number of benzene rings is 2. The lowest BCUT2D eigenvalue weighted by Gasteiger charge is -2.27. The van der Waals surface area contributed by atoms with Crippen LogP contribution in [0.4, 0.5) is 4.39 Å². The van der Waals surface area contributed by atoms with Crippen LogP contribution in [-0.2, 0) is 18.3 Å². The first-order valence-corrected chi connectivity index (χ1v) is 8.66. The lowest BCUT2D eigenvalue weighted by atomic mass is 9.74. The van der Waals surface area contributed by atoms with Crippen LogP contribution in [0.3, 0.4) is 0 Å². The molecule has 0 fully saturated rings. The quantitative estimate of drug-likeness (QED) is 0.623. The topological polar surface area (TPSA) is 49.6 Å². The van der Waals surface area contributed by atoms with Crippen molar-refractivity contribution >= 4 is 11.6 Å². The van der Waals surface area contributed by atoms with Crippen LogP contribution in [0, 0.1) is 17.1 Å². The molecule has 2 aromatic carbocycles. The van der Waals surface area contributed by atoms with Crippen molar-refractivity contribution in [2.24, 2.45) is 0 Å². The number of rotatable bonds is 6. The molecule has 3 rings (SSSR count). The summed E-state index contributed by atoms with van der Waals surface area (Å²) in [7, 11) is 0. The van der Waals surface area contributed by atoms with Crippen LogP contribution in [0.5, 0.6) is 0 Å². The minimum atomic E-state index is -0.891. The van der Waals surface area contributed by atoms with Crippen molar-refractivity contribution < 1.29 is 4.39 Å². The summed E-state index contributed by atoms with van der Waals surface area (Å²) >= 11 is 5.94. The zero-order valence-corrected chi connectivity index (χ0v) is 14.8. The molecule has 1 unspecified atom stereocenters. The SMILES string of the molecule is N#CC(CCc1ccc(Cl)cc1)(Cc1cnccn1)c1cccc(F)c1. The van der Waals surface area contributed by atoms with Crippen molar-refractivity contribution in [2.75, 3.05) is 0 Å². The molecule has 0 amide bonds. The van der Waals surface area contributed by atoms with Crippen LogP contribution in [-0.4, -0.2) is 9.97 Å². The van der Waals surface area contributed by atoms with E-state index in [4.69, 9.17) is 11.6 Å². The highest BCUT2D eigenvalue weighted by Crippen LogP contribution is 2.33. The van der Waals surface area contributed by atoms with Gasteiger partial charge in [0.05, 0.1) is 17.2 Å². The minimum absolute atomic E-state index is 0.354. The van der Waals surface area contributed by atoms with E-state index in [1.54, 1.807) is 30.7 Å². The van der Waals surface area contributed by atoms with Gasteiger partial charge in [-0.05, 0) is 48.2 Å². The van der Waals surface area contributed by atoms with Gasteiger partial charge in [-0.2, -0.15) is 5.26 Å². The molecule has 0 spiro atoms. The summed E-state index contributed by atoms with van der Waals surface area (Å²) in [6.45, 7) is 0. The van der Waals surface area contributed by atoms with Gasteiger partial charge in [-0.3, -0.25) is 9.97 Å². The molecule has 5 heteroatoms. The van der Waals surface area contributed by atoms with Gasteiger partial charge in [-0.25, -0.2) is 4.39 Å². The summed E-state index contributed by atoms with van der Waals surface area (Å²) in [6.07, 6.45) is 6.41. The zero-order valence-electron chi connectivity index (χ0n) is 14.1. The van der Waals surface area contributed by atoms with Gasteiger partial charge in [-0.15, -0.1) is 0 Å². The van der Waals surface area contributed by atoms with Crippen LogP contribution in [0.1, 0.15) is 23.2 Å². The zero-order chi connectivity index (χ0) is 18.4. The third-order valence-corrected chi connectivity index (χ3v) is 4.70. The van der Waals surface area contributed by atoms with Crippen LogP contribution in [0.2, 0.25) is 5.02 Å². The Morgan fingerprint density at radius 1 is 1.12 bits per heavy atom. The van der Waals surface area contributed by atoms with E-state index in [0.717, 1.165) is 5.56 Å². The second kappa shape index (κ2) is 8.07. The van der Waals surface area contributed by atoms with E-state index in [2.05, 4.69) is 16.0 Å². The molecular weight excluding hydrogens is 349 g/mol. The lowest BCUT2D eigenvalue weighted by molar-refractivity contribution is 0.488. The van der Waals surface area contributed by atoms with Crippen LogP contribution in [0.25, 0.3) is 0 Å². The third-order valence-electron chi connectivity index (χ3n) is 4.44. The Morgan fingerprint density at radius 3 is 2.58 bits per heavy atom. The standard InChI is InChI=1S/C21H17ClFN3/c22-18-6-4-16(5-7-18)8-9-21(15-24,13-20-14-25-10-11-26-20)17-2-1-3-19(23)12-17/h1-7,10-12,14H,8-9,13H2. The summed E-state index contributed by atoms with van der Waals surface area (Å²) in [5.74, 6) is -0.354. The number of nitriles is 1. The van der Waals surface area contributed by atoms with Crippen molar-refractivity contribution in [3.8, 4) is 6.07 Å². The highest BCUT2D eigenvalue weighted by molar-refractivity contribution is 6.30. The van der Waals surface area contributed by atoms with Gasteiger partial charge >= 0.3 is 0 Å². The Morgan fingerprint density at radius 2 is 1.92 bits per heavy atom. The molecule has 0 aliphatic carbocycles. The van der Waals surface area contributed by atoms with E-state index in [9.17, 15) is 9.65 Å². The smallest absolute Gasteiger partial charge is 0.123 e. The van der Waals surface area contributed by atoms with E-state index in [0.29, 0.717) is 35.5 Å². The van der Waals surface area contributed by atoms with E-state index in [1.807, 2.05) is 24.3 Å². The number of halogens is 2. The maximum absolute atomic E-state index is 13.8. The fraction of sp³-hybridized carbons (Fsp3) is 0.190. The first-order chi connectivity index (χ1) is 12.6. The fourth-order valence-corrected chi connectivity index (χ4v) is 3.15. The molecule has 1 aromatic heterocycles. The molecule has 0 saturated carbocycles. The van der Waals surface area contributed by atoms with Gasteiger partial charge in [-0.1, -0.05) is 35.9 Å². The molecule has 130 valence electrons. The van der Waals surface area contributed by atoms with Crippen molar-refractivity contribution in [3.63, 3.8) is 0 Å². The van der Waals surface area contributed by atoms with Crippen molar-refractivity contribution in [1.82, 2.24) is 9.97 Å². The number of hydrogen-bond acceptors (Lipinski definition) is 3. The number of aryl methyl sites for hydroxylation is 1. The molecule has 3 nitrogen and oxygen atoms in total. The van der Waals surface area contributed by atoms with Gasteiger partial charge in [0.25, 0.3) is 0 Å². The Bertz CT molecular complexity index is 907. The van der Waals surface area contributed by atoms with E-state index in [1.165, 1.54) is 12.1 Å². The molecule has 3 aromatic rings. The highest BCUT2D eigenvalue weighted by atomic mass is 35.5. The summed E-state index contributed by atoms with van der Waals surface area (Å²) in [4.78, 5) is 8.38. The monoisotopic (exact) mass is 365 g/mol. The van der Waals surface area contributed by atoms with Gasteiger partial charge in [0.15, 0.2) is 0 Å². The third kappa shape index (κ3) is 4.25. The van der Waals surface area contributed by atoms with E-state index in [-0.39, 0.29) is 5.82 Å². The average Bonchev–Trinajstić information content (AvgIpc) is 2.67.